The highest BCUT2D eigenvalue weighted by Crippen LogP contribution is 2.28. The summed E-state index contributed by atoms with van der Waals surface area (Å²) in [6.45, 7) is 3.51. The van der Waals surface area contributed by atoms with Crippen LogP contribution in [-0.4, -0.2) is 24.2 Å². The van der Waals surface area contributed by atoms with E-state index in [2.05, 4.69) is 21.2 Å². The zero-order chi connectivity index (χ0) is 14.0. The van der Waals surface area contributed by atoms with Crippen molar-refractivity contribution < 1.29 is 9.13 Å². The average molecular weight is 347 g/mol. The molecule has 2 unspecified atom stereocenters. The topological polar surface area (TPSA) is 47.3 Å². The molecule has 1 aromatic rings. The lowest BCUT2D eigenvalue weighted by Gasteiger charge is -2.17. The van der Waals surface area contributed by atoms with Gasteiger partial charge in [0.05, 0.1) is 16.3 Å². The Hall–Kier alpha value is -0.720. The highest BCUT2D eigenvalue weighted by atomic mass is 79.9. The molecule has 3 nitrogen and oxygen atoms in total. The third-order valence-electron chi connectivity index (χ3n) is 3.44. The molecule has 2 atom stereocenters. The van der Waals surface area contributed by atoms with Crippen molar-refractivity contribution >= 4 is 38.8 Å². The van der Waals surface area contributed by atoms with Crippen molar-refractivity contribution in [2.75, 3.05) is 18.5 Å². The van der Waals surface area contributed by atoms with Crippen LogP contribution < -0.4 is 11.1 Å². The lowest BCUT2D eigenvalue weighted by Crippen LogP contribution is -2.21. The molecule has 0 aromatic heterocycles. The standard InChI is InChI=1S/C13H16BrFN2OS/c1-7-8(4-5-18-7)6-17-10-3-2-9(13(16)19)11(14)12(10)15/h2-3,7-8,17H,4-6H2,1H3,(H2,16,19). The van der Waals surface area contributed by atoms with Crippen LogP contribution in [0, 0.1) is 11.7 Å². The molecule has 2 rings (SSSR count). The molecule has 0 aliphatic carbocycles. The molecule has 1 fully saturated rings. The molecule has 1 heterocycles. The van der Waals surface area contributed by atoms with E-state index >= 15 is 0 Å². The van der Waals surface area contributed by atoms with Crippen LogP contribution in [0.1, 0.15) is 18.9 Å². The molecule has 104 valence electrons. The number of nitrogens with two attached hydrogens (primary N) is 1. The first-order chi connectivity index (χ1) is 9.00. The third kappa shape index (κ3) is 3.24. The molecule has 3 N–H and O–H groups in total. The Morgan fingerprint density at radius 3 is 2.95 bits per heavy atom. The third-order valence-corrected chi connectivity index (χ3v) is 4.43. The summed E-state index contributed by atoms with van der Waals surface area (Å²) < 4.78 is 19.9. The quantitative estimate of drug-likeness (QED) is 0.822. The van der Waals surface area contributed by atoms with Gasteiger partial charge >= 0.3 is 0 Å². The maximum atomic E-state index is 14.1. The molecular weight excluding hydrogens is 331 g/mol. The number of nitrogens with one attached hydrogen (secondary N) is 1. The molecule has 0 radical (unpaired) electrons. The van der Waals surface area contributed by atoms with Crippen molar-refractivity contribution in [1.82, 2.24) is 0 Å². The second-order valence-electron chi connectivity index (χ2n) is 4.66. The van der Waals surface area contributed by atoms with E-state index in [1.165, 1.54) is 0 Å². The Balaban J connectivity index is 2.09. The number of hydrogen-bond donors (Lipinski definition) is 2. The Morgan fingerprint density at radius 2 is 2.37 bits per heavy atom. The van der Waals surface area contributed by atoms with Crippen LogP contribution in [0.2, 0.25) is 0 Å². The first-order valence-corrected chi connectivity index (χ1v) is 7.34. The van der Waals surface area contributed by atoms with Crippen LogP contribution in [0.25, 0.3) is 0 Å². The fourth-order valence-electron chi connectivity index (χ4n) is 2.16. The predicted molar refractivity (Wildman–Crippen MR) is 82.0 cm³/mol. The summed E-state index contributed by atoms with van der Waals surface area (Å²) in [6, 6.07) is 3.38. The Kier molecular flexibility index (Phi) is 4.76. The number of halogens is 2. The second kappa shape index (κ2) is 6.15. The van der Waals surface area contributed by atoms with Gasteiger partial charge in [0, 0.05) is 24.6 Å². The number of ether oxygens (including phenoxy) is 1. The van der Waals surface area contributed by atoms with E-state index in [9.17, 15) is 4.39 Å². The zero-order valence-corrected chi connectivity index (χ0v) is 13.0. The monoisotopic (exact) mass is 346 g/mol. The van der Waals surface area contributed by atoms with Crippen molar-refractivity contribution in [3.05, 3.63) is 28.0 Å². The summed E-state index contributed by atoms with van der Waals surface area (Å²) in [6.07, 6.45) is 1.22. The van der Waals surface area contributed by atoms with Crippen LogP contribution in [0.15, 0.2) is 16.6 Å². The van der Waals surface area contributed by atoms with Crippen LogP contribution in [-0.2, 0) is 4.74 Å². The van der Waals surface area contributed by atoms with E-state index in [1.54, 1.807) is 12.1 Å². The first kappa shape index (κ1) is 14.7. The summed E-state index contributed by atoms with van der Waals surface area (Å²) in [4.78, 5) is 0.176. The van der Waals surface area contributed by atoms with Crippen molar-refractivity contribution in [3.8, 4) is 0 Å². The summed E-state index contributed by atoms with van der Waals surface area (Å²) in [7, 11) is 0. The van der Waals surface area contributed by atoms with Crippen molar-refractivity contribution in [2.24, 2.45) is 11.7 Å². The van der Waals surface area contributed by atoms with Gasteiger partial charge in [-0.2, -0.15) is 0 Å². The van der Waals surface area contributed by atoms with E-state index in [0.717, 1.165) is 13.0 Å². The largest absolute Gasteiger partial charge is 0.389 e. The maximum absolute atomic E-state index is 14.1. The van der Waals surface area contributed by atoms with E-state index < -0.39 is 0 Å². The predicted octanol–water partition coefficient (Wildman–Crippen LogP) is 3.06. The summed E-state index contributed by atoms with van der Waals surface area (Å²) in [5, 5.41) is 3.12. The smallest absolute Gasteiger partial charge is 0.161 e. The molecule has 1 aliphatic heterocycles. The van der Waals surface area contributed by atoms with Gasteiger partial charge in [-0.3, -0.25) is 0 Å². The lowest BCUT2D eigenvalue weighted by atomic mass is 10.0. The van der Waals surface area contributed by atoms with E-state index in [1.807, 2.05) is 6.92 Å². The highest BCUT2D eigenvalue weighted by molar-refractivity contribution is 9.10. The van der Waals surface area contributed by atoms with Crippen LogP contribution in [0.4, 0.5) is 10.1 Å². The Morgan fingerprint density at radius 1 is 1.63 bits per heavy atom. The van der Waals surface area contributed by atoms with Crippen LogP contribution >= 0.6 is 28.1 Å². The normalized spacial score (nSPS) is 22.5. The number of benzene rings is 1. The Bertz CT molecular complexity index is 498. The number of thiocarbonyl (C=S) groups is 1. The van der Waals surface area contributed by atoms with Crippen molar-refractivity contribution in [1.29, 1.82) is 0 Å². The number of anilines is 1. The van der Waals surface area contributed by atoms with Gasteiger partial charge in [-0.05, 0) is 41.4 Å². The highest BCUT2D eigenvalue weighted by Gasteiger charge is 2.24. The van der Waals surface area contributed by atoms with Crippen LogP contribution in [0.5, 0.6) is 0 Å². The van der Waals surface area contributed by atoms with Gasteiger partial charge in [0.25, 0.3) is 0 Å². The minimum Gasteiger partial charge on any atom is -0.389 e. The number of rotatable bonds is 4. The van der Waals surface area contributed by atoms with E-state index in [4.69, 9.17) is 22.7 Å². The molecule has 0 bridgehead atoms. The molecule has 1 aliphatic rings. The first-order valence-electron chi connectivity index (χ1n) is 6.14. The minimum atomic E-state index is -0.364. The molecule has 6 heteroatoms. The van der Waals surface area contributed by atoms with Crippen LogP contribution in [0.3, 0.4) is 0 Å². The van der Waals surface area contributed by atoms with E-state index in [-0.39, 0.29) is 16.9 Å². The van der Waals surface area contributed by atoms with Gasteiger partial charge in [0.2, 0.25) is 0 Å². The minimum absolute atomic E-state index is 0.176. The van der Waals surface area contributed by atoms with Gasteiger partial charge in [0.1, 0.15) is 4.99 Å². The van der Waals surface area contributed by atoms with E-state index in [0.29, 0.717) is 28.2 Å². The second-order valence-corrected chi connectivity index (χ2v) is 5.89. The molecule has 0 saturated carbocycles. The molecule has 0 spiro atoms. The van der Waals surface area contributed by atoms with Gasteiger partial charge < -0.3 is 15.8 Å². The molecule has 1 aromatic carbocycles. The summed E-state index contributed by atoms with van der Waals surface area (Å²) in [5.74, 6) is 0.0466. The fourth-order valence-corrected chi connectivity index (χ4v) is 3.02. The summed E-state index contributed by atoms with van der Waals surface area (Å²) in [5.41, 5.74) is 6.48. The molecule has 0 amide bonds. The molecule has 19 heavy (non-hydrogen) atoms. The zero-order valence-electron chi connectivity index (χ0n) is 10.6. The molecule has 1 saturated heterocycles. The summed E-state index contributed by atoms with van der Waals surface area (Å²) >= 11 is 8.05. The lowest BCUT2D eigenvalue weighted by molar-refractivity contribution is 0.108. The van der Waals surface area contributed by atoms with Crippen molar-refractivity contribution in [3.63, 3.8) is 0 Å². The van der Waals surface area contributed by atoms with Gasteiger partial charge in [-0.15, -0.1) is 0 Å². The van der Waals surface area contributed by atoms with Gasteiger partial charge in [-0.25, -0.2) is 4.39 Å². The van der Waals surface area contributed by atoms with Gasteiger partial charge in [0.15, 0.2) is 5.82 Å². The fraction of sp³-hybridized carbons (Fsp3) is 0.462. The SMILES string of the molecule is CC1OCCC1CNc1ccc(C(N)=S)c(Br)c1F. The van der Waals surface area contributed by atoms with Crippen molar-refractivity contribution in [2.45, 2.75) is 19.4 Å². The maximum Gasteiger partial charge on any atom is 0.161 e. The number of hydrogen-bond acceptors (Lipinski definition) is 3. The molecular formula is C13H16BrFN2OS. The van der Waals surface area contributed by atoms with Gasteiger partial charge in [-0.1, -0.05) is 12.2 Å². The Labute approximate surface area is 125 Å². The average Bonchev–Trinajstić information content (AvgIpc) is 2.76.